The maximum Gasteiger partial charge on any atom is 0.246 e. The Morgan fingerprint density at radius 3 is 2.21 bits per heavy atom. The molecule has 3 aromatic rings. The molecule has 0 saturated carbocycles. The van der Waals surface area contributed by atoms with Gasteiger partial charge in [-0.15, -0.1) is 10.2 Å². The Labute approximate surface area is 194 Å². The van der Waals surface area contributed by atoms with Crippen molar-refractivity contribution in [1.82, 2.24) is 14.5 Å². The molecule has 2 aromatic carbocycles. The topological polar surface area (TPSA) is 84.9 Å². The Balaban J connectivity index is 1.46. The van der Waals surface area contributed by atoms with Crippen LogP contribution >= 0.6 is 0 Å². The van der Waals surface area contributed by atoms with E-state index in [0.717, 1.165) is 17.1 Å². The monoisotopic (exact) mass is 468 g/mol. The van der Waals surface area contributed by atoms with Gasteiger partial charge in [-0.1, -0.05) is 30.3 Å². The standard InChI is InChI=1S/C24H28N4O4S/c1-3-31-20-10-12-23(22(18-20)32-4-2)33(29,30)28-16-14-27(15-17-28)24-13-11-21(25-26-24)19-8-6-5-7-9-19/h5-13,18H,3-4,14-17H2,1-2H3. The number of aromatic nitrogens is 2. The van der Waals surface area contributed by atoms with Crippen molar-refractivity contribution in [2.45, 2.75) is 18.7 Å². The van der Waals surface area contributed by atoms with Crippen LogP contribution in [0.2, 0.25) is 0 Å². The van der Waals surface area contributed by atoms with Crippen LogP contribution in [0.5, 0.6) is 11.5 Å². The zero-order valence-corrected chi connectivity index (χ0v) is 19.7. The molecule has 0 spiro atoms. The molecule has 33 heavy (non-hydrogen) atoms. The summed E-state index contributed by atoms with van der Waals surface area (Å²) in [4.78, 5) is 2.21. The molecule has 4 rings (SSSR count). The zero-order valence-electron chi connectivity index (χ0n) is 18.8. The molecule has 1 fully saturated rings. The fourth-order valence-electron chi connectivity index (χ4n) is 3.78. The molecule has 0 unspecified atom stereocenters. The van der Waals surface area contributed by atoms with E-state index >= 15 is 0 Å². The first-order valence-corrected chi connectivity index (χ1v) is 12.5. The molecule has 0 atom stereocenters. The molecule has 0 radical (unpaired) electrons. The summed E-state index contributed by atoms with van der Waals surface area (Å²) >= 11 is 0. The third-order valence-electron chi connectivity index (χ3n) is 5.43. The molecule has 9 heteroatoms. The van der Waals surface area contributed by atoms with Crippen molar-refractivity contribution in [3.63, 3.8) is 0 Å². The summed E-state index contributed by atoms with van der Waals surface area (Å²) < 4.78 is 39.3. The Hall–Kier alpha value is -3.17. The minimum Gasteiger partial charge on any atom is -0.494 e. The van der Waals surface area contributed by atoms with E-state index in [4.69, 9.17) is 9.47 Å². The average Bonchev–Trinajstić information content (AvgIpc) is 2.85. The fourth-order valence-corrected chi connectivity index (χ4v) is 5.31. The number of rotatable bonds is 8. The van der Waals surface area contributed by atoms with Crippen LogP contribution in [0.4, 0.5) is 5.82 Å². The highest BCUT2D eigenvalue weighted by Gasteiger charge is 2.31. The quantitative estimate of drug-likeness (QED) is 0.501. The number of benzene rings is 2. The van der Waals surface area contributed by atoms with Gasteiger partial charge in [0.15, 0.2) is 5.82 Å². The molecule has 0 aliphatic carbocycles. The maximum absolute atomic E-state index is 13.4. The molecule has 0 bridgehead atoms. The van der Waals surface area contributed by atoms with Gasteiger partial charge in [-0.25, -0.2) is 8.42 Å². The summed E-state index contributed by atoms with van der Waals surface area (Å²) in [6.45, 7) is 6.32. The van der Waals surface area contributed by atoms with E-state index < -0.39 is 10.0 Å². The molecule has 2 heterocycles. The van der Waals surface area contributed by atoms with Crippen molar-refractivity contribution in [3.05, 3.63) is 60.7 Å². The first kappa shape index (κ1) is 23.0. The molecule has 174 valence electrons. The largest absolute Gasteiger partial charge is 0.494 e. The molecule has 1 saturated heterocycles. The van der Waals surface area contributed by atoms with Crippen molar-refractivity contribution in [2.24, 2.45) is 0 Å². The lowest BCUT2D eigenvalue weighted by Crippen LogP contribution is -2.49. The van der Waals surface area contributed by atoms with Crippen LogP contribution in [0.1, 0.15) is 13.8 Å². The Morgan fingerprint density at radius 2 is 1.58 bits per heavy atom. The van der Waals surface area contributed by atoms with E-state index in [0.29, 0.717) is 50.9 Å². The second-order valence-corrected chi connectivity index (χ2v) is 9.41. The van der Waals surface area contributed by atoms with Gasteiger partial charge in [0.2, 0.25) is 10.0 Å². The number of ether oxygens (including phenoxy) is 2. The van der Waals surface area contributed by atoms with Gasteiger partial charge in [0.25, 0.3) is 0 Å². The van der Waals surface area contributed by atoms with Gasteiger partial charge in [0.1, 0.15) is 16.4 Å². The molecular formula is C24H28N4O4S. The predicted octanol–water partition coefficient (Wildman–Crippen LogP) is 3.45. The molecule has 1 aliphatic heterocycles. The van der Waals surface area contributed by atoms with E-state index in [1.165, 1.54) is 4.31 Å². The van der Waals surface area contributed by atoms with Gasteiger partial charge in [-0.05, 0) is 38.1 Å². The summed E-state index contributed by atoms with van der Waals surface area (Å²) in [5, 5.41) is 8.71. The van der Waals surface area contributed by atoms with Gasteiger partial charge in [-0.2, -0.15) is 4.31 Å². The Morgan fingerprint density at radius 1 is 0.848 bits per heavy atom. The summed E-state index contributed by atoms with van der Waals surface area (Å²) in [7, 11) is -3.70. The number of nitrogens with zero attached hydrogens (tertiary/aromatic N) is 4. The Kier molecular flexibility index (Phi) is 7.10. The van der Waals surface area contributed by atoms with Gasteiger partial charge < -0.3 is 14.4 Å². The summed E-state index contributed by atoms with van der Waals surface area (Å²) in [6.07, 6.45) is 0. The molecule has 1 aromatic heterocycles. The van der Waals surface area contributed by atoms with Gasteiger partial charge in [0, 0.05) is 37.8 Å². The van der Waals surface area contributed by atoms with E-state index in [-0.39, 0.29) is 4.90 Å². The van der Waals surface area contributed by atoms with Gasteiger partial charge in [0.05, 0.1) is 18.9 Å². The number of hydrogen-bond donors (Lipinski definition) is 0. The lowest BCUT2D eigenvalue weighted by atomic mass is 10.1. The molecule has 1 aliphatic rings. The van der Waals surface area contributed by atoms with Crippen LogP contribution in [0.25, 0.3) is 11.3 Å². The number of hydrogen-bond acceptors (Lipinski definition) is 7. The van der Waals surface area contributed by atoms with Crippen molar-refractivity contribution < 1.29 is 17.9 Å². The van der Waals surface area contributed by atoms with Crippen LogP contribution in [0.15, 0.2) is 65.6 Å². The summed E-state index contributed by atoms with van der Waals surface area (Å²) in [6, 6.07) is 18.6. The predicted molar refractivity (Wildman–Crippen MR) is 127 cm³/mol. The maximum atomic E-state index is 13.4. The van der Waals surface area contributed by atoms with E-state index in [9.17, 15) is 8.42 Å². The normalized spacial score (nSPS) is 14.8. The third-order valence-corrected chi connectivity index (χ3v) is 7.36. The highest BCUT2D eigenvalue weighted by Crippen LogP contribution is 2.32. The Bertz CT molecular complexity index is 1160. The van der Waals surface area contributed by atoms with Crippen LogP contribution in [-0.2, 0) is 10.0 Å². The lowest BCUT2D eigenvalue weighted by molar-refractivity contribution is 0.314. The molecule has 0 N–H and O–H groups in total. The smallest absolute Gasteiger partial charge is 0.246 e. The van der Waals surface area contributed by atoms with Crippen LogP contribution < -0.4 is 14.4 Å². The highest BCUT2D eigenvalue weighted by atomic mass is 32.2. The minimum atomic E-state index is -3.70. The lowest BCUT2D eigenvalue weighted by Gasteiger charge is -2.34. The van der Waals surface area contributed by atoms with Crippen molar-refractivity contribution in [1.29, 1.82) is 0 Å². The first-order valence-electron chi connectivity index (χ1n) is 11.1. The fraction of sp³-hybridized carbons (Fsp3) is 0.333. The summed E-state index contributed by atoms with van der Waals surface area (Å²) in [5.74, 6) is 1.64. The number of anilines is 1. The zero-order chi connectivity index (χ0) is 23.3. The van der Waals surface area contributed by atoms with Crippen molar-refractivity contribution >= 4 is 15.8 Å². The van der Waals surface area contributed by atoms with Gasteiger partial charge >= 0.3 is 0 Å². The van der Waals surface area contributed by atoms with Crippen LogP contribution in [0, 0.1) is 0 Å². The number of piperazine rings is 1. The van der Waals surface area contributed by atoms with Crippen LogP contribution in [-0.4, -0.2) is 62.3 Å². The average molecular weight is 469 g/mol. The molecular weight excluding hydrogens is 440 g/mol. The SMILES string of the molecule is CCOc1ccc(S(=O)(=O)N2CCN(c3ccc(-c4ccccc4)nn3)CC2)c(OCC)c1. The summed E-state index contributed by atoms with van der Waals surface area (Å²) in [5.41, 5.74) is 1.81. The second kappa shape index (κ2) is 10.2. The van der Waals surface area contributed by atoms with Crippen molar-refractivity contribution in [3.8, 4) is 22.8 Å². The van der Waals surface area contributed by atoms with E-state index in [1.807, 2.05) is 56.3 Å². The van der Waals surface area contributed by atoms with Crippen LogP contribution in [0.3, 0.4) is 0 Å². The van der Waals surface area contributed by atoms with E-state index in [2.05, 4.69) is 15.1 Å². The minimum absolute atomic E-state index is 0.160. The van der Waals surface area contributed by atoms with Gasteiger partial charge in [-0.3, -0.25) is 0 Å². The van der Waals surface area contributed by atoms with Crippen molar-refractivity contribution in [2.75, 3.05) is 44.3 Å². The number of sulfonamides is 1. The molecule has 0 amide bonds. The highest BCUT2D eigenvalue weighted by molar-refractivity contribution is 7.89. The first-order chi connectivity index (χ1) is 16.0. The molecule has 8 nitrogen and oxygen atoms in total. The van der Waals surface area contributed by atoms with E-state index in [1.54, 1.807) is 18.2 Å². The third kappa shape index (κ3) is 5.09. The second-order valence-electron chi connectivity index (χ2n) is 7.51.